The lowest BCUT2D eigenvalue weighted by Crippen LogP contribution is -2.34. The van der Waals surface area contributed by atoms with Crippen LogP contribution >= 0.6 is 22.6 Å². The van der Waals surface area contributed by atoms with Crippen molar-refractivity contribution in [2.45, 2.75) is 204 Å². The zero-order chi connectivity index (χ0) is 29.4. The predicted molar refractivity (Wildman–Crippen MR) is 194 cm³/mol. The Morgan fingerprint density at radius 2 is 0.900 bits per heavy atom. The van der Waals surface area contributed by atoms with Crippen molar-refractivity contribution in [1.82, 2.24) is 4.90 Å². The van der Waals surface area contributed by atoms with E-state index in [1.165, 1.54) is 193 Å². The number of hydrogen-bond donors (Lipinski definition) is 0. The third-order valence-corrected chi connectivity index (χ3v) is 9.85. The molecule has 0 N–H and O–H groups in total. The Morgan fingerprint density at radius 3 is 1.30 bits per heavy atom. The van der Waals surface area contributed by atoms with Crippen LogP contribution in [0, 0.1) is 5.92 Å². The SMILES string of the molecule is C=CCCCN(CC(C)CCCCCCCCCCCCCC)CC(I)CCCCCCCCCCCCCC. The van der Waals surface area contributed by atoms with E-state index < -0.39 is 0 Å². The van der Waals surface area contributed by atoms with Crippen LogP contribution < -0.4 is 0 Å². The summed E-state index contributed by atoms with van der Waals surface area (Å²) in [7, 11) is 0. The average Bonchev–Trinajstić information content (AvgIpc) is 2.94. The average molecular weight is 674 g/mol. The van der Waals surface area contributed by atoms with Crippen LogP contribution in [0.5, 0.6) is 0 Å². The first-order valence-corrected chi connectivity index (χ1v) is 19.9. The summed E-state index contributed by atoms with van der Waals surface area (Å²) >= 11 is 2.76. The van der Waals surface area contributed by atoms with Gasteiger partial charge in [-0.05, 0) is 38.1 Å². The highest BCUT2D eigenvalue weighted by Crippen LogP contribution is 2.19. The number of halogens is 1. The molecular formula is C38H76IN. The second kappa shape index (κ2) is 33.9. The van der Waals surface area contributed by atoms with Crippen molar-refractivity contribution >= 4 is 22.6 Å². The maximum atomic E-state index is 3.95. The fraction of sp³-hybridized carbons (Fsp3) is 0.947. The van der Waals surface area contributed by atoms with Gasteiger partial charge in [-0.15, -0.1) is 6.58 Å². The van der Waals surface area contributed by atoms with Gasteiger partial charge in [0.05, 0.1) is 0 Å². The van der Waals surface area contributed by atoms with Gasteiger partial charge < -0.3 is 4.90 Å². The quantitative estimate of drug-likeness (QED) is 0.0284. The van der Waals surface area contributed by atoms with Crippen LogP contribution in [0.1, 0.15) is 201 Å². The Morgan fingerprint density at radius 1 is 0.525 bits per heavy atom. The number of hydrogen-bond acceptors (Lipinski definition) is 1. The van der Waals surface area contributed by atoms with E-state index in [0.29, 0.717) is 0 Å². The molecule has 0 aromatic heterocycles. The zero-order valence-electron chi connectivity index (χ0n) is 28.2. The molecule has 0 fully saturated rings. The lowest BCUT2D eigenvalue weighted by molar-refractivity contribution is 0.228. The Kier molecular flexibility index (Phi) is 34.3. The molecule has 0 heterocycles. The van der Waals surface area contributed by atoms with Gasteiger partial charge in [0.1, 0.15) is 0 Å². The highest BCUT2D eigenvalue weighted by Gasteiger charge is 2.14. The van der Waals surface area contributed by atoms with E-state index in [4.69, 9.17) is 0 Å². The highest BCUT2D eigenvalue weighted by molar-refractivity contribution is 14.1. The standard InChI is InChI=1S/C38H76IN/c1-5-8-11-13-15-17-19-21-23-25-27-29-32-37(4)35-40(34-31-10-7-3)36-38(39)33-30-28-26-24-22-20-18-16-14-12-9-6-2/h7,37-38H,3,5-6,8-36H2,1-2,4H3. The van der Waals surface area contributed by atoms with Gasteiger partial charge in [-0.25, -0.2) is 0 Å². The smallest absolute Gasteiger partial charge is 0.0237 e. The van der Waals surface area contributed by atoms with Crippen LogP contribution in [0.4, 0.5) is 0 Å². The van der Waals surface area contributed by atoms with Crippen LogP contribution in [0.3, 0.4) is 0 Å². The molecule has 40 heavy (non-hydrogen) atoms. The van der Waals surface area contributed by atoms with Crippen molar-refractivity contribution in [1.29, 1.82) is 0 Å². The number of allylic oxidation sites excluding steroid dienone is 1. The molecule has 0 radical (unpaired) electrons. The summed E-state index contributed by atoms with van der Waals surface area (Å²) in [5, 5.41) is 0. The molecule has 0 saturated carbocycles. The summed E-state index contributed by atoms with van der Waals surface area (Å²) in [5.41, 5.74) is 0. The summed E-state index contributed by atoms with van der Waals surface area (Å²) in [4.78, 5) is 2.80. The molecule has 2 heteroatoms. The first-order chi connectivity index (χ1) is 19.6. The molecular weight excluding hydrogens is 597 g/mol. The molecule has 2 atom stereocenters. The molecule has 0 aliphatic rings. The largest absolute Gasteiger partial charge is 0.302 e. The lowest BCUT2D eigenvalue weighted by Gasteiger charge is -2.28. The fourth-order valence-corrected chi connectivity index (χ4v) is 7.16. The van der Waals surface area contributed by atoms with Gasteiger partial charge in [0.15, 0.2) is 0 Å². The van der Waals surface area contributed by atoms with Crippen molar-refractivity contribution < 1.29 is 0 Å². The monoisotopic (exact) mass is 674 g/mol. The first kappa shape index (κ1) is 40.4. The number of alkyl halides is 1. The minimum atomic E-state index is 0.809. The number of nitrogens with zero attached hydrogens (tertiary/aromatic N) is 1. The molecule has 0 bridgehead atoms. The lowest BCUT2D eigenvalue weighted by atomic mass is 10.00. The molecule has 0 aliphatic carbocycles. The van der Waals surface area contributed by atoms with E-state index in [-0.39, 0.29) is 0 Å². The van der Waals surface area contributed by atoms with E-state index in [2.05, 4.69) is 60.9 Å². The van der Waals surface area contributed by atoms with E-state index in [0.717, 1.165) is 16.3 Å². The fourth-order valence-electron chi connectivity index (χ4n) is 6.16. The normalized spacial score (nSPS) is 13.2. The van der Waals surface area contributed by atoms with Gasteiger partial charge in [-0.2, -0.15) is 0 Å². The number of rotatable bonds is 34. The molecule has 0 saturated heterocycles. The summed E-state index contributed by atoms with van der Waals surface area (Å²) in [5.74, 6) is 0.835. The van der Waals surface area contributed by atoms with Crippen molar-refractivity contribution in [3.8, 4) is 0 Å². The maximum absolute atomic E-state index is 3.95. The van der Waals surface area contributed by atoms with Gasteiger partial charge in [0.2, 0.25) is 0 Å². The summed E-state index contributed by atoms with van der Waals surface area (Å²) in [6, 6.07) is 0. The Bertz CT molecular complexity index is 442. The van der Waals surface area contributed by atoms with Gasteiger partial charge >= 0.3 is 0 Å². The molecule has 0 aromatic carbocycles. The third-order valence-electron chi connectivity index (χ3n) is 8.83. The first-order valence-electron chi connectivity index (χ1n) is 18.6. The van der Waals surface area contributed by atoms with Crippen molar-refractivity contribution in [3.63, 3.8) is 0 Å². The topological polar surface area (TPSA) is 3.24 Å². The van der Waals surface area contributed by atoms with Gasteiger partial charge in [0.25, 0.3) is 0 Å². The molecule has 240 valence electrons. The van der Waals surface area contributed by atoms with E-state index in [1.54, 1.807) is 0 Å². The number of unbranched alkanes of at least 4 members (excludes halogenated alkanes) is 23. The molecule has 0 aromatic rings. The molecule has 0 aliphatic heterocycles. The van der Waals surface area contributed by atoms with Gasteiger partial charge in [-0.3, -0.25) is 0 Å². The van der Waals surface area contributed by atoms with Crippen LogP contribution in [-0.4, -0.2) is 28.5 Å². The van der Waals surface area contributed by atoms with Crippen LogP contribution in [0.15, 0.2) is 12.7 Å². The van der Waals surface area contributed by atoms with Crippen LogP contribution in [0.25, 0.3) is 0 Å². The minimum absolute atomic E-state index is 0.809. The Hall–Kier alpha value is 0.430. The molecule has 2 unspecified atom stereocenters. The van der Waals surface area contributed by atoms with Crippen molar-refractivity contribution in [2.24, 2.45) is 5.92 Å². The maximum Gasteiger partial charge on any atom is 0.0237 e. The van der Waals surface area contributed by atoms with Gasteiger partial charge in [-0.1, -0.05) is 204 Å². The Labute approximate surface area is 269 Å². The summed E-state index contributed by atoms with van der Waals surface area (Å²) in [6.45, 7) is 14.9. The van der Waals surface area contributed by atoms with Crippen molar-refractivity contribution in [3.05, 3.63) is 12.7 Å². The molecule has 0 spiro atoms. The second-order valence-corrected chi connectivity index (χ2v) is 15.0. The zero-order valence-corrected chi connectivity index (χ0v) is 30.3. The molecule has 0 rings (SSSR count). The summed E-state index contributed by atoms with van der Waals surface area (Å²) in [6.07, 6.45) is 42.2. The summed E-state index contributed by atoms with van der Waals surface area (Å²) < 4.78 is 0.809. The molecule has 0 amide bonds. The minimum Gasteiger partial charge on any atom is -0.302 e. The predicted octanol–water partition coefficient (Wildman–Crippen LogP) is 13.9. The van der Waals surface area contributed by atoms with Gasteiger partial charge in [0, 0.05) is 17.0 Å². The van der Waals surface area contributed by atoms with Crippen LogP contribution in [0.2, 0.25) is 0 Å². The second-order valence-electron chi connectivity index (χ2n) is 13.2. The third kappa shape index (κ3) is 31.4. The van der Waals surface area contributed by atoms with Crippen LogP contribution in [-0.2, 0) is 0 Å². The Balaban J connectivity index is 3.85. The van der Waals surface area contributed by atoms with E-state index >= 15 is 0 Å². The molecule has 1 nitrogen and oxygen atoms in total. The van der Waals surface area contributed by atoms with E-state index in [1.807, 2.05) is 0 Å². The van der Waals surface area contributed by atoms with Crippen molar-refractivity contribution in [2.75, 3.05) is 19.6 Å². The van der Waals surface area contributed by atoms with E-state index in [9.17, 15) is 0 Å². The highest BCUT2D eigenvalue weighted by atomic mass is 127.